The molecule has 0 saturated carbocycles. The highest BCUT2D eigenvalue weighted by atomic mass is 15.2. The lowest BCUT2D eigenvalue weighted by molar-refractivity contribution is 0.621. The summed E-state index contributed by atoms with van der Waals surface area (Å²) in [6.45, 7) is 13.8. The normalized spacial score (nSPS) is 12.5. The van der Waals surface area contributed by atoms with Crippen LogP contribution in [-0.2, 0) is 6.54 Å². The van der Waals surface area contributed by atoms with Crippen LogP contribution in [0.5, 0.6) is 0 Å². The Morgan fingerprint density at radius 1 is 1.28 bits per heavy atom. The number of anilines is 1. The summed E-state index contributed by atoms with van der Waals surface area (Å²) in [7, 11) is 0. The zero-order valence-electron chi connectivity index (χ0n) is 12.5. The van der Waals surface area contributed by atoms with Gasteiger partial charge in [0.05, 0.1) is 0 Å². The molecular weight excluding hydrogens is 222 g/mol. The predicted octanol–water partition coefficient (Wildman–Crippen LogP) is 3.12. The Morgan fingerprint density at radius 2 is 2.00 bits per heavy atom. The zero-order valence-corrected chi connectivity index (χ0v) is 12.5. The fourth-order valence-electron chi connectivity index (χ4n) is 2.16. The Balaban J connectivity index is 2.95. The van der Waals surface area contributed by atoms with Crippen LogP contribution in [0.4, 0.5) is 5.82 Å². The maximum absolute atomic E-state index is 4.68. The van der Waals surface area contributed by atoms with Crippen molar-refractivity contribution in [2.75, 3.05) is 18.0 Å². The number of pyridine rings is 1. The lowest BCUT2D eigenvalue weighted by Crippen LogP contribution is -2.33. The number of rotatable bonds is 7. The second kappa shape index (κ2) is 7.37. The molecule has 1 heterocycles. The van der Waals surface area contributed by atoms with E-state index in [0.717, 1.165) is 37.6 Å². The van der Waals surface area contributed by atoms with Gasteiger partial charge in [-0.05, 0) is 51.4 Å². The zero-order chi connectivity index (χ0) is 13.5. The van der Waals surface area contributed by atoms with Crippen molar-refractivity contribution in [2.45, 2.75) is 53.6 Å². The van der Waals surface area contributed by atoms with Crippen LogP contribution in [0.15, 0.2) is 12.1 Å². The highest BCUT2D eigenvalue weighted by Gasteiger charge is 2.13. The molecule has 1 aromatic rings. The molecule has 1 aromatic heterocycles. The Hall–Kier alpha value is -1.09. The van der Waals surface area contributed by atoms with Crippen LogP contribution in [-0.4, -0.2) is 24.1 Å². The number of hydrogen-bond acceptors (Lipinski definition) is 3. The predicted molar refractivity (Wildman–Crippen MR) is 79.1 cm³/mol. The number of nitrogens with one attached hydrogen (secondary N) is 1. The van der Waals surface area contributed by atoms with Crippen LogP contribution in [0.25, 0.3) is 0 Å². The number of nitrogens with zero attached hydrogens (tertiary/aromatic N) is 2. The fraction of sp³-hybridized carbons (Fsp3) is 0.667. The van der Waals surface area contributed by atoms with Gasteiger partial charge in [0.15, 0.2) is 0 Å². The average Bonchev–Trinajstić information content (AvgIpc) is 2.36. The summed E-state index contributed by atoms with van der Waals surface area (Å²) in [5.41, 5.74) is 2.42. The van der Waals surface area contributed by atoms with Crippen molar-refractivity contribution >= 4 is 5.82 Å². The third kappa shape index (κ3) is 3.98. The van der Waals surface area contributed by atoms with Gasteiger partial charge in [0.1, 0.15) is 5.82 Å². The molecular formula is C15H27N3. The lowest BCUT2D eigenvalue weighted by Gasteiger charge is -2.29. The van der Waals surface area contributed by atoms with E-state index in [9.17, 15) is 0 Å². The molecule has 1 unspecified atom stereocenters. The first-order valence-corrected chi connectivity index (χ1v) is 7.07. The molecule has 18 heavy (non-hydrogen) atoms. The van der Waals surface area contributed by atoms with Crippen LogP contribution in [0.1, 0.15) is 45.4 Å². The third-order valence-corrected chi connectivity index (χ3v) is 3.34. The highest BCUT2D eigenvalue weighted by Crippen LogP contribution is 2.18. The Labute approximate surface area is 112 Å². The fourth-order valence-corrected chi connectivity index (χ4v) is 2.16. The molecule has 0 fully saturated rings. The van der Waals surface area contributed by atoms with E-state index in [1.165, 1.54) is 5.56 Å². The first kappa shape index (κ1) is 15.0. The van der Waals surface area contributed by atoms with E-state index in [1.807, 2.05) is 0 Å². The van der Waals surface area contributed by atoms with E-state index in [2.05, 4.69) is 62.0 Å². The lowest BCUT2D eigenvalue weighted by atomic mass is 10.1. The minimum atomic E-state index is 0.538. The van der Waals surface area contributed by atoms with E-state index >= 15 is 0 Å². The first-order chi connectivity index (χ1) is 8.62. The molecule has 0 aliphatic rings. The average molecular weight is 249 g/mol. The minimum absolute atomic E-state index is 0.538. The Morgan fingerprint density at radius 3 is 2.56 bits per heavy atom. The smallest absolute Gasteiger partial charge is 0.129 e. The monoisotopic (exact) mass is 249 g/mol. The van der Waals surface area contributed by atoms with Crippen LogP contribution in [0, 0.1) is 6.92 Å². The molecule has 0 bridgehead atoms. The van der Waals surface area contributed by atoms with Crippen molar-refractivity contribution in [1.29, 1.82) is 0 Å². The first-order valence-electron chi connectivity index (χ1n) is 7.07. The summed E-state index contributed by atoms with van der Waals surface area (Å²) in [5, 5.41) is 3.37. The van der Waals surface area contributed by atoms with Gasteiger partial charge in [0.25, 0.3) is 0 Å². The van der Waals surface area contributed by atoms with Crippen molar-refractivity contribution in [1.82, 2.24) is 10.3 Å². The van der Waals surface area contributed by atoms with Gasteiger partial charge in [-0.25, -0.2) is 4.98 Å². The molecule has 1 N–H and O–H groups in total. The molecule has 1 rings (SSSR count). The van der Waals surface area contributed by atoms with E-state index in [0.29, 0.717) is 6.04 Å². The molecule has 0 spiro atoms. The van der Waals surface area contributed by atoms with Crippen LogP contribution in [0.3, 0.4) is 0 Å². The van der Waals surface area contributed by atoms with Crippen molar-refractivity contribution in [2.24, 2.45) is 0 Å². The van der Waals surface area contributed by atoms with Gasteiger partial charge in [-0.15, -0.1) is 0 Å². The van der Waals surface area contributed by atoms with Gasteiger partial charge in [-0.3, -0.25) is 0 Å². The second-order valence-electron chi connectivity index (χ2n) is 4.80. The molecule has 102 valence electrons. The van der Waals surface area contributed by atoms with Crippen molar-refractivity contribution in [3.63, 3.8) is 0 Å². The van der Waals surface area contributed by atoms with Crippen molar-refractivity contribution in [3.8, 4) is 0 Å². The van der Waals surface area contributed by atoms with Crippen LogP contribution in [0.2, 0.25) is 0 Å². The third-order valence-electron chi connectivity index (χ3n) is 3.34. The molecule has 0 radical (unpaired) electrons. The van der Waals surface area contributed by atoms with Gasteiger partial charge < -0.3 is 10.2 Å². The van der Waals surface area contributed by atoms with Crippen LogP contribution >= 0.6 is 0 Å². The number of aryl methyl sites for hydroxylation is 1. The quantitative estimate of drug-likeness (QED) is 0.804. The molecule has 0 aliphatic heterocycles. The summed E-state index contributed by atoms with van der Waals surface area (Å²) in [6, 6.07) is 4.92. The van der Waals surface area contributed by atoms with Gasteiger partial charge >= 0.3 is 0 Å². The SMILES string of the molecule is CCNCc1cc(C)nc(N(CC)C(C)CC)c1. The van der Waals surface area contributed by atoms with E-state index in [4.69, 9.17) is 0 Å². The largest absolute Gasteiger partial charge is 0.354 e. The summed E-state index contributed by atoms with van der Waals surface area (Å²) in [5.74, 6) is 1.11. The summed E-state index contributed by atoms with van der Waals surface area (Å²) < 4.78 is 0. The van der Waals surface area contributed by atoms with Gasteiger partial charge in [0, 0.05) is 24.8 Å². The molecule has 0 aliphatic carbocycles. The maximum Gasteiger partial charge on any atom is 0.129 e. The van der Waals surface area contributed by atoms with E-state index in [-0.39, 0.29) is 0 Å². The van der Waals surface area contributed by atoms with Gasteiger partial charge in [0.2, 0.25) is 0 Å². The second-order valence-corrected chi connectivity index (χ2v) is 4.80. The number of hydrogen-bond donors (Lipinski definition) is 1. The topological polar surface area (TPSA) is 28.2 Å². The Bertz CT molecular complexity index is 363. The summed E-state index contributed by atoms with van der Waals surface area (Å²) >= 11 is 0. The summed E-state index contributed by atoms with van der Waals surface area (Å²) in [6.07, 6.45) is 1.14. The standard InChI is InChI=1S/C15H27N3/c1-6-13(5)18(8-3)15-10-14(11-16-7-2)9-12(4)17-15/h9-10,13,16H,6-8,11H2,1-5H3. The minimum Gasteiger partial charge on any atom is -0.354 e. The molecule has 0 amide bonds. The van der Waals surface area contributed by atoms with Crippen molar-refractivity contribution in [3.05, 3.63) is 23.4 Å². The van der Waals surface area contributed by atoms with Crippen LogP contribution < -0.4 is 10.2 Å². The highest BCUT2D eigenvalue weighted by molar-refractivity contribution is 5.43. The maximum atomic E-state index is 4.68. The summed E-state index contributed by atoms with van der Waals surface area (Å²) in [4.78, 5) is 7.06. The Kier molecular flexibility index (Phi) is 6.13. The van der Waals surface area contributed by atoms with Gasteiger partial charge in [-0.1, -0.05) is 13.8 Å². The van der Waals surface area contributed by atoms with E-state index < -0.39 is 0 Å². The molecule has 1 atom stereocenters. The molecule has 0 saturated heterocycles. The number of aromatic nitrogens is 1. The molecule has 0 aromatic carbocycles. The van der Waals surface area contributed by atoms with Crippen molar-refractivity contribution < 1.29 is 0 Å². The van der Waals surface area contributed by atoms with E-state index in [1.54, 1.807) is 0 Å². The van der Waals surface area contributed by atoms with Gasteiger partial charge in [-0.2, -0.15) is 0 Å². The molecule has 3 nitrogen and oxygen atoms in total. The molecule has 3 heteroatoms.